The third-order valence-corrected chi connectivity index (χ3v) is 5.65. The van der Waals surface area contributed by atoms with Crippen LogP contribution in [0.25, 0.3) is 16.8 Å². The van der Waals surface area contributed by atoms with Crippen LogP contribution in [0.1, 0.15) is 18.1 Å². The summed E-state index contributed by atoms with van der Waals surface area (Å²) >= 11 is 1.41. The summed E-state index contributed by atoms with van der Waals surface area (Å²) in [5.41, 5.74) is 6.08. The number of carbonyl (C=O) groups is 1. The van der Waals surface area contributed by atoms with Gasteiger partial charge in [0.15, 0.2) is 0 Å². The molecule has 2 aromatic carbocycles. The molecule has 0 aliphatic carbocycles. The molecular formula is C23H22N4OS. The Morgan fingerprint density at radius 2 is 1.97 bits per heavy atom. The summed E-state index contributed by atoms with van der Waals surface area (Å²) in [6.07, 6.45) is 4.56. The molecule has 2 aromatic heterocycles. The smallest absolute Gasteiger partial charge is 0.234 e. The maximum atomic E-state index is 12.3. The van der Waals surface area contributed by atoms with Crippen molar-refractivity contribution in [3.8, 4) is 11.3 Å². The Morgan fingerprint density at radius 3 is 2.72 bits per heavy atom. The number of amides is 1. The van der Waals surface area contributed by atoms with E-state index in [0.717, 1.165) is 39.5 Å². The van der Waals surface area contributed by atoms with Gasteiger partial charge in [-0.1, -0.05) is 55.1 Å². The highest BCUT2D eigenvalue weighted by atomic mass is 32.2. The van der Waals surface area contributed by atoms with Gasteiger partial charge in [0.25, 0.3) is 0 Å². The molecule has 6 heteroatoms. The third-order valence-electron chi connectivity index (χ3n) is 4.65. The Morgan fingerprint density at radius 1 is 1.14 bits per heavy atom. The standard InChI is InChI=1S/C23H22N4OS/c1-3-17-7-9-18(10-8-17)20-14-21-23(24-11-12-27(21)26-20)29-15-22(28)25-19-6-4-5-16(2)13-19/h4-14H,3,15H2,1-2H3,(H,25,28). The van der Waals surface area contributed by atoms with Crippen LogP contribution in [-0.4, -0.2) is 26.3 Å². The zero-order chi connectivity index (χ0) is 20.2. The van der Waals surface area contributed by atoms with Crippen molar-refractivity contribution >= 4 is 28.9 Å². The number of rotatable bonds is 6. The van der Waals surface area contributed by atoms with Crippen LogP contribution < -0.4 is 5.32 Å². The minimum Gasteiger partial charge on any atom is -0.325 e. The van der Waals surface area contributed by atoms with Gasteiger partial charge in [0, 0.05) is 23.6 Å². The minimum absolute atomic E-state index is 0.0562. The van der Waals surface area contributed by atoms with Crippen molar-refractivity contribution < 1.29 is 4.79 Å². The van der Waals surface area contributed by atoms with E-state index in [9.17, 15) is 4.79 Å². The summed E-state index contributed by atoms with van der Waals surface area (Å²) in [6.45, 7) is 4.15. The number of fused-ring (bicyclic) bond motifs is 1. The van der Waals surface area contributed by atoms with E-state index in [1.807, 2.05) is 48.0 Å². The largest absolute Gasteiger partial charge is 0.325 e. The Hall–Kier alpha value is -3.12. The van der Waals surface area contributed by atoms with E-state index in [2.05, 4.69) is 46.6 Å². The van der Waals surface area contributed by atoms with E-state index in [-0.39, 0.29) is 11.7 Å². The topological polar surface area (TPSA) is 59.3 Å². The highest BCUT2D eigenvalue weighted by Crippen LogP contribution is 2.26. The van der Waals surface area contributed by atoms with Crippen molar-refractivity contribution in [2.24, 2.45) is 0 Å². The Bertz CT molecular complexity index is 1150. The molecule has 1 amide bonds. The average Bonchev–Trinajstić information content (AvgIpc) is 3.17. The molecule has 4 aromatic rings. The Labute approximate surface area is 174 Å². The van der Waals surface area contributed by atoms with Crippen LogP contribution in [0.4, 0.5) is 5.69 Å². The highest BCUT2D eigenvalue weighted by Gasteiger charge is 2.11. The highest BCUT2D eigenvalue weighted by molar-refractivity contribution is 8.00. The minimum atomic E-state index is -0.0562. The molecule has 0 radical (unpaired) electrons. The lowest BCUT2D eigenvalue weighted by Crippen LogP contribution is -2.14. The second kappa shape index (κ2) is 8.49. The molecular weight excluding hydrogens is 380 g/mol. The monoisotopic (exact) mass is 402 g/mol. The zero-order valence-corrected chi connectivity index (χ0v) is 17.2. The number of anilines is 1. The normalized spacial score (nSPS) is 11.0. The number of hydrogen-bond donors (Lipinski definition) is 1. The predicted molar refractivity (Wildman–Crippen MR) is 118 cm³/mol. The fraction of sp³-hybridized carbons (Fsp3) is 0.174. The van der Waals surface area contributed by atoms with Crippen molar-refractivity contribution in [2.45, 2.75) is 25.3 Å². The summed E-state index contributed by atoms with van der Waals surface area (Å²) < 4.78 is 1.82. The Kier molecular flexibility index (Phi) is 5.62. The number of aryl methyl sites for hydroxylation is 2. The third kappa shape index (κ3) is 4.49. The maximum absolute atomic E-state index is 12.3. The number of benzene rings is 2. The van der Waals surface area contributed by atoms with E-state index in [4.69, 9.17) is 0 Å². The van der Waals surface area contributed by atoms with Gasteiger partial charge in [0.2, 0.25) is 5.91 Å². The molecule has 29 heavy (non-hydrogen) atoms. The first-order chi connectivity index (χ1) is 14.1. The quantitative estimate of drug-likeness (QED) is 0.461. The molecule has 0 saturated carbocycles. The number of thioether (sulfide) groups is 1. The van der Waals surface area contributed by atoms with Gasteiger partial charge in [-0.05, 0) is 42.7 Å². The predicted octanol–water partition coefficient (Wildman–Crippen LogP) is 5.00. The molecule has 1 N–H and O–H groups in total. The molecule has 0 bridgehead atoms. The van der Waals surface area contributed by atoms with Gasteiger partial charge in [0.1, 0.15) is 5.03 Å². The lowest BCUT2D eigenvalue weighted by Gasteiger charge is -2.06. The van der Waals surface area contributed by atoms with Gasteiger partial charge in [0.05, 0.1) is 17.0 Å². The molecule has 0 saturated heterocycles. The van der Waals surface area contributed by atoms with Gasteiger partial charge < -0.3 is 5.32 Å². The Balaban J connectivity index is 1.50. The van der Waals surface area contributed by atoms with E-state index in [0.29, 0.717) is 0 Å². The van der Waals surface area contributed by atoms with E-state index in [1.165, 1.54) is 17.3 Å². The molecule has 2 heterocycles. The molecule has 0 fully saturated rings. The van der Waals surface area contributed by atoms with Crippen LogP contribution in [0.5, 0.6) is 0 Å². The number of aromatic nitrogens is 3. The number of nitrogens with zero attached hydrogens (tertiary/aromatic N) is 3. The van der Waals surface area contributed by atoms with Crippen LogP contribution in [-0.2, 0) is 11.2 Å². The summed E-state index contributed by atoms with van der Waals surface area (Å²) in [4.78, 5) is 16.8. The van der Waals surface area contributed by atoms with Gasteiger partial charge in [-0.2, -0.15) is 5.10 Å². The number of carbonyl (C=O) groups excluding carboxylic acids is 1. The average molecular weight is 403 g/mol. The molecule has 4 rings (SSSR count). The lowest BCUT2D eigenvalue weighted by atomic mass is 10.1. The van der Waals surface area contributed by atoms with Crippen molar-refractivity contribution in [1.82, 2.24) is 14.6 Å². The van der Waals surface area contributed by atoms with Gasteiger partial charge >= 0.3 is 0 Å². The molecule has 0 unspecified atom stereocenters. The first kappa shape index (κ1) is 19.2. The molecule has 0 spiro atoms. The summed E-state index contributed by atoms with van der Waals surface area (Å²) in [6, 6.07) is 18.2. The molecule has 0 aliphatic heterocycles. The first-order valence-corrected chi connectivity index (χ1v) is 10.5. The van der Waals surface area contributed by atoms with Gasteiger partial charge in [-0.15, -0.1) is 0 Å². The van der Waals surface area contributed by atoms with Crippen LogP contribution in [0.2, 0.25) is 0 Å². The lowest BCUT2D eigenvalue weighted by molar-refractivity contribution is -0.113. The first-order valence-electron chi connectivity index (χ1n) is 9.55. The SMILES string of the molecule is CCc1ccc(-c2cc3c(SCC(=O)Nc4cccc(C)c4)nccn3n2)cc1. The maximum Gasteiger partial charge on any atom is 0.234 e. The van der Waals surface area contributed by atoms with Crippen LogP contribution >= 0.6 is 11.8 Å². The zero-order valence-electron chi connectivity index (χ0n) is 16.4. The molecule has 0 atom stereocenters. The summed E-state index contributed by atoms with van der Waals surface area (Å²) in [7, 11) is 0. The molecule has 146 valence electrons. The van der Waals surface area contributed by atoms with E-state index >= 15 is 0 Å². The van der Waals surface area contributed by atoms with Gasteiger partial charge in [-0.3, -0.25) is 4.79 Å². The van der Waals surface area contributed by atoms with Crippen molar-refractivity contribution in [2.75, 3.05) is 11.1 Å². The summed E-state index contributed by atoms with van der Waals surface area (Å²) in [5, 5.41) is 8.39. The van der Waals surface area contributed by atoms with Crippen molar-refractivity contribution in [1.29, 1.82) is 0 Å². The van der Waals surface area contributed by atoms with Crippen LogP contribution in [0.15, 0.2) is 72.0 Å². The molecule has 5 nitrogen and oxygen atoms in total. The van der Waals surface area contributed by atoms with Crippen molar-refractivity contribution in [3.05, 3.63) is 78.1 Å². The summed E-state index contributed by atoms with van der Waals surface area (Å²) in [5.74, 6) is 0.228. The number of nitrogens with one attached hydrogen (secondary N) is 1. The fourth-order valence-corrected chi connectivity index (χ4v) is 3.89. The second-order valence-electron chi connectivity index (χ2n) is 6.85. The van der Waals surface area contributed by atoms with Gasteiger partial charge in [-0.25, -0.2) is 9.50 Å². The molecule has 0 aliphatic rings. The fourth-order valence-electron chi connectivity index (χ4n) is 3.12. The van der Waals surface area contributed by atoms with Crippen molar-refractivity contribution in [3.63, 3.8) is 0 Å². The second-order valence-corrected chi connectivity index (χ2v) is 7.81. The van der Waals surface area contributed by atoms with E-state index < -0.39 is 0 Å². The van der Waals surface area contributed by atoms with Crippen LogP contribution in [0.3, 0.4) is 0 Å². The van der Waals surface area contributed by atoms with E-state index in [1.54, 1.807) is 6.20 Å². The van der Waals surface area contributed by atoms with Crippen LogP contribution in [0, 0.1) is 6.92 Å². The number of hydrogen-bond acceptors (Lipinski definition) is 4.